The normalized spacial score (nSPS) is 12.4. The molecule has 1 atom stereocenters. The fourth-order valence-corrected chi connectivity index (χ4v) is 4.69. The van der Waals surface area contributed by atoms with Crippen molar-refractivity contribution in [3.63, 3.8) is 0 Å². The molecule has 0 aliphatic rings. The van der Waals surface area contributed by atoms with Crippen LogP contribution in [0.5, 0.6) is 0 Å². The summed E-state index contributed by atoms with van der Waals surface area (Å²) < 4.78 is 26.6. The molecule has 0 saturated carbocycles. The summed E-state index contributed by atoms with van der Waals surface area (Å²) in [5, 5.41) is 3.43. The molecule has 0 saturated heterocycles. The van der Waals surface area contributed by atoms with Crippen LogP contribution in [0, 0.1) is 13.8 Å². The Bertz CT molecular complexity index is 1120. The maximum absolute atomic E-state index is 13.6. The van der Waals surface area contributed by atoms with Crippen LogP contribution >= 0.6 is 11.6 Å². The first-order chi connectivity index (χ1) is 15.8. The van der Waals surface area contributed by atoms with Gasteiger partial charge >= 0.3 is 0 Å². The summed E-state index contributed by atoms with van der Waals surface area (Å²) in [4.78, 5) is 28.1. The molecular formula is C25H34ClN3O4S. The summed E-state index contributed by atoms with van der Waals surface area (Å²) >= 11 is 6.00. The summed E-state index contributed by atoms with van der Waals surface area (Å²) in [5.74, 6) is -0.746. The lowest BCUT2D eigenvalue weighted by molar-refractivity contribution is -0.140. The Kier molecular flexibility index (Phi) is 9.53. The van der Waals surface area contributed by atoms with Crippen LogP contribution in [0.25, 0.3) is 0 Å². The van der Waals surface area contributed by atoms with Crippen LogP contribution in [0.2, 0.25) is 5.02 Å². The number of amides is 2. The van der Waals surface area contributed by atoms with Gasteiger partial charge in [-0.15, -0.1) is 0 Å². The average Bonchev–Trinajstić information content (AvgIpc) is 2.73. The van der Waals surface area contributed by atoms with E-state index in [1.54, 1.807) is 37.3 Å². The highest BCUT2D eigenvalue weighted by atomic mass is 35.5. The number of nitrogens with zero attached hydrogens (tertiary/aromatic N) is 2. The predicted molar refractivity (Wildman–Crippen MR) is 137 cm³/mol. The number of carbonyl (C=O) groups is 2. The highest BCUT2D eigenvalue weighted by Crippen LogP contribution is 2.25. The molecule has 1 N–H and O–H groups in total. The van der Waals surface area contributed by atoms with Gasteiger partial charge in [0.1, 0.15) is 12.6 Å². The molecule has 0 fully saturated rings. The van der Waals surface area contributed by atoms with Gasteiger partial charge in [0.15, 0.2) is 0 Å². The maximum atomic E-state index is 13.6. The minimum atomic E-state index is -3.77. The Labute approximate surface area is 208 Å². The third-order valence-electron chi connectivity index (χ3n) is 5.40. The first-order valence-corrected chi connectivity index (χ1v) is 13.4. The molecule has 0 unspecified atom stereocenters. The number of hydrogen-bond donors (Lipinski definition) is 1. The zero-order valence-electron chi connectivity index (χ0n) is 20.6. The number of hydrogen-bond acceptors (Lipinski definition) is 4. The van der Waals surface area contributed by atoms with Gasteiger partial charge in [0.25, 0.3) is 0 Å². The third kappa shape index (κ3) is 7.46. The molecule has 186 valence electrons. The Balaban J connectivity index is 2.48. The van der Waals surface area contributed by atoms with E-state index in [0.717, 1.165) is 27.3 Å². The molecule has 0 radical (unpaired) electrons. The summed E-state index contributed by atoms with van der Waals surface area (Å²) in [7, 11) is -3.77. The number of halogens is 1. The SMILES string of the molecule is CC[C@H](C(=O)NC(C)C)N(Cc1ccc(Cl)cc1)C(=O)CN(c1cc(C)ccc1C)S(C)(=O)=O. The zero-order valence-corrected chi connectivity index (χ0v) is 22.2. The average molecular weight is 508 g/mol. The molecule has 0 aliphatic heterocycles. The van der Waals surface area contributed by atoms with Crippen LogP contribution in [0.1, 0.15) is 43.9 Å². The van der Waals surface area contributed by atoms with Gasteiger partial charge < -0.3 is 10.2 Å². The molecule has 34 heavy (non-hydrogen) atoms. The first-order valence-electron chi connectivity index (χ1n) is 11.2. The molecule has 2 rings (SSSR count). The van der Waals surface area contributed by atoms with E-state index in [2.05, 4.69) is 5.32 Å². The molecule has 2 amide bonds. The van der Waals surface area contributed by atoms with Gasteiger partial charge in [0.2, 0.25) is 21.8 Å². The van der Waals surface area contributed by atoms with Gasteiger partial charge in [0.05, 0.1) is 11.9 Å². The molecule has 7 nitrogen and oxygen atoms in total. The summed E-state index contributed by atoms with van der Waals surface area (Å²) in [6, 6.07) is 11.6. The first kappa shape index (κ1) is 27.7. The second kappa shape index (κ2) is 11.7. The quantitative estimate of drug-likeness (QED) is 0.525. The molecule has 0 heterocycles. The Hall–Kier alpha value is -2.58. The molecular weight excluding hydrogens is 474 g/mol. The number of rotatable bonds is 10. The van der Waals surface area contributed by atoms with Gasteiger partial charge in [-0.05, 0) is 69.0 Å². The van der Waals surface area contributed by atoms with Crippen molar-refractivity contribution in [3.05, 3.63) is 64.2 Å². The van der Waals surface area contributed by atoms with E-state index in [4.69, 9.17) is 11.6 Å². The van der Waals surface area contributed by atoms with E-state index in [1.165, 1.54) is 4.90 Å². The highest BCUT2D eigenvalue weighted by Gasteiger charge is 2.32. The maximum Gasteiger partial charge on any atom is 0.244 e. The van der Waals surface area contributed by atoms with Crippen LogP contribution in [0.4, 0.5) is 5.69 Å². The van der Waals surface area contributed by atoms with E-state index in [9.17, 15) is 18.0 Å². The monoisotopic (exact) mass is 507 g/mol. The van der Waals surface area contributed by atoms with Crippen molar-refractivity contribution in [3.8, 4) is 0 Å². The largest absolute Gasteiger partial charge is 0.352 e. The van der Waals surface area contributed by atoms with Crippen molar-refractivity contribution in [1.29, 1.82) is 0 Å². The van der Waals surface area contributed by atoms with Crippen molar-refractivity contribution in [2.45, 2.75) is 59.7 Å². The van der Waals surface area contributed by atoms with E-state index in [0.29, 0.717) is 17.1 Å². The number of benzene rings is 2. The van der Waals surface area contributed by atoms with Crippen LogP contribution < -0.4 is 9.62 Å². The fourth-order valence-electron chi connectivity index (χ4n) is 3.67. The predicted octanol–water partition coefficient (Wildman–Crippen LogP) is 4.05. The number of aryl methyl sites for hydroxylation is 2. The summed E-state index contributed by atoms with van der Waals surface area (Å²) in [6.45, 7) is 8.91. The smallest absolute Gasteiger partial charge is 0.244 e. The van der Waals surface area contributed by atoms with Crippen molar-refractivity contribution < 1.29 is 18.0 Å². The Morgan fingerprint density at radius 3 is 2.21 bits per heavy atom. The van der Waals surface area contributed by atoms with Crippen molar-refractivity contribution in [2.24, 2.45) is 0 Å². The Morgan fingerprint density at radius 1 is 1.06 bits per heavy atom. The van der Waals surface area contributed by atoms with E-state index < -0.39 is 28.5 Å². The molecule has 2 aromatic carbocycles. The summed E-state index contributed by atoms with van der Waals surface area (Å²) in [5.41, 5.74) is 2.84. The lowest BCUT2D eigenvalue weighted by Gasteiger charge is -2.33. The standard InChI is InChI=1S/C25H34ClN3O4S/c1-7-22(25(31)27-17(2)3)28(15-20-10-12-21(26)13-11-20)24(30)16-29(34(6,32)33)23-14-18(4)8-9-19(23)5/h8-14,17,22H,7,15-16H2,1-6H3,(H,27,31)/t22-/m1/s1. The lowest BCUT2D eigenvalue weighted by atomic mass is 10.1. The molecule has 9 heteroatoms. The minimum Gasteiger partial charge on any atom is -0.352 e. The Morgan fingerprint density at radius 2 is 1.68 bits per heavy atom. The van der Waals surface area contributed by atoms with Crippen molar-refractivity contribution in [1.82, 2.24) is 10.2 Å². The molecule has 0 aliphatic carbocycles. The minimum absolute atomic E-state index is 0.100. The van der Waals surface area contributed by atoms with Crippen LogP contribution in [0.3, 0.4) is 0 Å². The number of nitrogens with one attached hydrogen (secondary N) is 1. The molecule has 0 bridgehead atoms. The number of sulfonamides is 1. The molecule has 0 aromatic heterocycles. The van der Waals surface area contributed by atoms with Crippen molar-refractivity contribution in [2.75, 3.05) is 17.1 Å². The van der Waals surface area contributed by atoms with Crippen molar-refractivity contribution >= 4 is 39.1 Å². The third-order valence-corrected chi connectivity index (χ3v) is 6.77. The van der Waals surface area contributed by atoms with Gasteiger partial charge in [-0.2, -0.15) is 0 Å². The summed E-state index contributed by atoms with van der Waals surface area (Å²) in [6.07, 6.45) is 1.45. The second-order valence-electron chi connectivity index (χ2n) is 8.80. The van der Waals surface area contributed by atoms with Crippen LogP contribution in [-0.2, 0) is 26.2 Å². The lowest BCUT2D eigenvalue weighted by Crippen LogP contribution is -2.53. The van der Waals surface area contributed by atoms with Crippen LogP contribution in [0.15, 0.2) is 42.5 Å². The van der Waals surface area contributed by atoms with E-state index >= 15 is 0 Å². The fraction of sp³-hybridized carbons (Fsp3) is 0.440. The van der Waals surface area contributed by atoms with Gasteiger partial charge in [-0.1, -0.05) is 42.8 Å². The highest BCUT2D eigenvalue weighted by molar-refractivity contribution is 7.92. The van der Waals surface area contributed by atoms with Crippen LogP contribution in [-0.4, -0.2) is 50.0 Å². The second-order valence-corrected chi connectivity index (χ2v) is 11.1. The topological polar surface area (TPSA) is 86.8 Å². The molecule has 2 aromatic rings. The molecule has 0 spiro atoms. The van der Waals surface area contributed by atoms with Gasteiger partial charge in [-0.25, -0.2) is 8.42 Å². The number of anilines is 1. The zero-order chi connectivity index (χ0) is 25.6. The van der Waals surface area contributed by atoms with Gasteiger partial charge in [-0.3, -0.25) is 13.9 Å². The van der Waals surface area contributed by atoms with Gasteiger partial charge in [0, 0.05) is 17.6 Å². The number of carbonyl (C=O) groups excluding carboxylic acids is 2. The van der Waals surface area contributed by atoms with E-state index in [-0.39, 0.29) is 18.5 Å². The van der Waals surface area contributed by atoms with E-state index in [1.807, 2.05) is 39.8 Å².